The van der Waals surface area contributed by atoms with E-state index in [1.165, 1.54) is 77.0 Å². The van der Waals surface area contributed by atoms with Crippen molar-refractivity contribution in [2.24, 2.45) is 0 Å². The van der Waals surface area contributed by atoms with Gasteiger partial charge < -0.3 is 0 Å². The molecule has 516 valence electrons. The number of hydrogen-bond donors (Lipinski definition) is 0. The Labute approximate surface area is 606 Å². The van der Waals surface area contributed by atoms with E-state index in [0.717, 1.165) is 6.42 Å². The van der Waals surface area contributed by atoms with E-state index >= 15 is 0 Å². The lowest BCUT2D eigenvalue weighted by Gasteiger charge is -2.59. The number of hydrogen-bond acceptors (Lipinski definition) is 0. The number of aryl methyl sites for hydroxylation is 1. The van der Waals surface area contributed by atoms with Crippen LogP contribution in [0.3, 0.4) is 0 Å². The maximum atomic E-state index is 3.01. The lowest BCUT2D eigenvalue weighted by molar-refractivity contribution is 0.328. The van der Waals surface area contributed by atoms with Crippen molar-refractivity contribution in [3.63, 3.8) is 0 Å². The first-order valence-electron chi connectivity index (χ1n) is 39.7. The average Bonchev–Trinajstić information content (AvgIpc) is 0.644. The first kappa shape index (κ1) is 66.2. The molecule has 0 amide bonds. The molecule has 0 unspecified atom stereocenters. The van der Waals surface area contributed by atoms with Gasteiger partial charge in [-0.2, -0.15) is 0 Å². The molecule has 0 saturated heterocycles. The second kappa shape index (κ2) is 20.4. The van der Waals surface area contributed by atoms with Crippen LogP contribution in [0, 0.1) is 0 Å². The second-order valence-corrected chi connectivity index (χ2v) is 49.1. The molecule has 4 bridgehead atoms. The number of benzene rings is 8. The Morgan fingerprint density at radius 2 is 0.420 bits per heavy atom. The first-order chi connectivity index (χ1) is 46.7. The van der Waals surface area contributed by atoms with Gasteiger partial charge in [-0.3, -0.25) is 0 Å². The van der Waals surface area contributed by atoms with E-state index in [4.69, 9.17) is 0 Å². The van der Waals surface area contributed by atoms with Gasteiger partial charge in [0.15, 0.2) is 0 Å². The van der Waals surface area contributed by atoms with Crippen molar-refractivity contribution in [1.29, 1.82) is 0 Å². The summed E-state index contributed by atoms with van der Waals surface area (Å²) < 4.78 is 0. The molecule has 0 heterocycles. The highest BCUT2D eigenvalue weighted by Crippen LogP contribution is 2.69. The maximum Gasteiger partial charge on any atom is 0.0540 e. The molecule has 0 radical (unpaired) electrons. The van der Waals surface area contributed by atoms with E-state index < -0.39 is 25.9 Å². The Kier molecular flexibility index (Phi) is 13.5. The zero-order valence-corrected chi connectivity index (χ0v) is 67.5. The summed E-state index contributed by atoms with van der Waals surface area (Å²) in [6.07, 6.45) is 15.5. The molecule has 0 spiro atoms. The van der Waals surface area contributed by atoms with E-state index in [2.05, 4.69) is 286 Å². The summed E-state index contributed by atoms with van der Waals surface area (Å²) in [4.78, 5) is 0. The lowest BCUT2D eigenvalue weighted by Crippen LogP contribution is -2.65. The molecule has 0 aliphatic heterocycles. The van der Waals surface area contributed by atoms with Crippen LogP contribution in [-0.2, 0) is 76.1 Å². The van der Waals surface area contributed by atoms with Crippen molar-refractivity contribution >= 4 is 26.2 Å². The van der Waals surface area contributed by atoms with Gasteiger partial charge in [-0.25, -0.2) is 0 Å². The molecule has 12 aliphatic rings. The summed E-state index contributed by atoms with van der Waals surface area (Å²) >= 11 is 0. The van der Waals surface area contributed by atoms with E-state index in [1.807, 2.05) is 0 Å². The normalized spacial score (nSPS) is 27.5. The second-order valence-electron chi connectivity index (χ2n) is 41.9. The molecule has 8 aromatic rings. The molecule has 2 heteroatoms. The average molecular weight is 1350 g/mol. The Morgan fingerprint density at radius 3 is 0.660 bits per heavy atom. The minimum absolute atomic E-state index is 0.00565. The lowest BCUT2D eigenvalue weighted by atomic mass is 9.53. The largest absolute Gasteiger partial charge is 0.0623 e. The summed E-state index contributed by atoms with van der Waals surface area (Å²) in [5.41, 5.74) is 39.2. The van der Waals surface area contributed by atoms with Crippen LogP contribution >= 0.6 is 0 Å². The molecule has 0 nitrogen and oxygen atoms in total. The zero-order valence-electron chi connectivity index (χ0n) is 65.5. The first-order valence-corrected chi connectivity index (χ1v) is 43.7. The Hall–Kier alpha value is -5.81. The highest BCUT2D eigenvalue weighted by molar-refractivity contribution is 7.12. The molecule has 0 saturated carbocycles. The SMILES string of the molecule is CC1(C)CCCc2cc3c(cc21)C1c2cc4c(cc2C3([Si](c2ccccc2)=[Si](c2ccccc2)C23c5cc6c(cc5C(c5cc7c(cc52)C(C)(C)CCC7(C)C)c2cc5c(cc23)C(C)(C)CCC5(C)C)C(C)(C)CCC6(C)C)c2cc3c(cc21)C(C)(C)CCC3(C)C)C(C)(C)CCC4(C)C. The highest BCUT2D eigenvalue weighted by atomic mass is 28.9. The molecule has 8 aromatic carbocycles. The summed E-state index contributed by atoms with van der Waals surface area (Å²) in [5, 5.41) is 2.09. The smallest absolute Gasteiger partial charge is 0.0540 e. The van der Waals surface area contributed by atoms with Crippen molar-refractivity contribution in [2.45, 2.75) is 317 Å². The highest BCUT2D eigenvalue weighted by Gasteiger charge is 2.64. The Bertz CT molecular complexity index is 4650. The summed E-state index contributed by atoms with van der Waals surface area (Å²) in [6.45, 7) is 57.6. The molecular formula is C98H116Si2. The van der Waals surface area contributed by atoms with Gasteiger partial charge in [0, 0.05) is 11.8 Å². The molecule has 0 aromatic heterocycles. The van der Waals surface area contributed by atoms with Gasteiger partial charge in [0.05, 0.1) is 25.9 Å². The van der Waals surface area contributed by atoms with E-state index in [-0.39, 0.29) is 71.4 Å². The topological polar surface area (TPSA) is 0 Å². The molecular weight excluding hydrogens is 1230 g/mol. The summed E-state index contributed by atoms with van der Waals surface area (Å²) in [5.74, 6) is 0.219. The van der Waals surface area contributed by atoms with Gasteiger partial charge in [0.25, 0.3) is 0 Å². The van der Waals surface area contributed by atoms with E-state index in [9.17, 15) is 0 Å². The van der Waals surface area contributed by atoms with Crippen LogP contribution in [0.5, 0.6) is 0 Å². The molecule has 12 aliphatic carbocycles. The van der Waals surface area contributed by atoms with E-state index in [0.29, 0.717) is 0 Å². The third-order valence-corrected chi connectivity index (χ3v) is 41.7. The molecule has 0 N–H and O–H groups in total. The predicted octanol–water partition coefficient (Wildman–Crippen LogP) is 23.0. The number of rotatable bonds is 4. The third kappa shape index (κ3) is 8.62. The Balaban J connectivity index is 1.16. The van der Waals surface area contributed by atoms with Crippen molar-refractivity contribution in [3.8, 4) is 0 Å². The van der Waals surface area contributed by atoms with Crippen molar-refractivity contribution in [3.05, 3.63) is 267 Å². The van der Waals surface area contributed by atoms with Crippen molar-refractivity contribution in [2.75, 3.05) is 0 Å². The van der Waals surface area contributed by atoms with Crippen LogP contribution in [0.4, 0.5) is 0 Å². The van der Waals surface area contributed by atoms with Crippen molar-refractivity contribution in [1.82, 2.24) is 0 Å². The van der Waals surface area contributed by atoms with Gasteiger partial charge in [0.2, 0.25) is 0 Å². The molecule has 100 heavy (non-hydrogen) atoms. The van der Waals surface area contributed by atoms with Crippen LogP contribution in [0.2, 0.25) is 0 Å². The third-order valence-electron chi connectivity index (χ3n) is 30.8. The molecule has 0 atom stereocenters. The maximum absolute atomic E-state index is 3.01. The van der Waals surface area contributed by atoms with Crippen LogP contribution in [0.1, 0.15) is 375 Å². The zero-order chi connectivity index (χ0) is 70.6. The van der Waals surface area contributed by atoms with Gasteiger partial charge in [-0.05, 0) is 287 Å². The van der Waals surface area contributed by atoms with Gasteiger partial charge in [-0.1, -0.05) is 286 Å². The van der Waals surface area contributed by atoms with Crippen LogP contribution in [0.25, 0.3) is 0 Å². The molecule has 20 rings (SSSR count). The van der Waals surface area contributed by atoms with Crippen LogP contribution in [0.15, 0.2) is 133 Å². The minimum Gasteiger partial charge on any atom is -0.0623 e. The summed E-state index contributed by atoms with van der Waals surface area (Å²) in [7, 11) is -4.29. The van der Waals surface area contributed by atoms with Crippen LogP contribution < -0.4 is 10.4 Å². The van der Waals surface area contributed by atoms with Gasteiger partial charge in [-0.15, -0.1) is 0 Å². The minimum atomic E-state index is -2.15. The summed E-state index contributed by atoms with van der Waals surface area (Å²) in [6, 6.07) is 61.3. The van der Waals surface area contributed by atoms with Crippen LogP contribution in [-0.4, -0.2) is 15.8 Å². The predicted molar refractivity (Wildman–Crippen MR) is 426 cm³/mol. The fourth-order valence-corrected chi connectivity index (χ4v) is 37.4. The van der Waals surface area contributed by atoms with E-state index in [1.54, 1.807) is 144 Å². The monoisotopic (exact) mass is 1350 g/mol. The fraction of sp³-hybridized carbons (Fsp3) is 0.510. The number of fused-ring (bicyclic) bond motifs is 6. The van der Waals surface area contributed by atoms with Gasteiger partial charge >= 0.3 is 0 Å². The quantitative estimate of drug-likeness (QED) is 0.154. The Morgan fingerprint density at radius 1 is 0.220 bits per heavy atom. The van der Waals surface area contributed by atoms with Gasteiger partial charge in [0.1, 0.15) is 0 Å². The molecule has 0 fully saturated rings. The van der Waals surface area contributed by atoms with Crippen molar-refractivity contribution < 1.29 is 0 Å². The fourth-order valence-electron chi connectivity index (χ4n) is 23.9. The standard InChI is InChI=1S/C98H116Si2/c1-86(2)35-29-30-58-46-68-61(47-67(58)86)84-62-48-74-79(92(13,14)41-36-87(74,3)4)53-69(62)97(68,70-54-80-75(49-63(70)84)88(5,6)37-42-93(80,15)16)99(59-31-25-23-26-32-59)100(60-33-27-24-28-34-60)98-71-55-81-76(89(7,8)38-43-94(81,17)18)50-64(71)85(65-51-77-82(56-72(65)98)95(19,20)44-39-90(77,9)10)66-52-78-83(57-73(66)98)96(21,22)45-40-91(78,11)12/h23-28,31-34,46-57,84-85H,29-30,35-45H2,1-22H3.